The second kappa shape index (κ2) is 10.8. The highest BCUT2D eigenvalue weighted by molar-refractivity contribution is 8.13. The summed E-state index contributed by atoms with van der Waals surface area (Å²) in [6, 6.07) is 28.8. The number of hydrogen-bond donors (Lipinski definition) is 0. The number of ether oxygens (including phenoxy) is 3. The summed E-state index contributed by atoms with van der Waals surface area (Å²) in [7, 11) is 3.28. The van der Waals surface area contributed by atoms with Crippen LogP contribution < -0.4 is 19.1 Å². The van der Waals surface area contributed by atoms with Crippen molar-refractivity contribution < 1.29 is 19.0 Å². The molecule has 1 unspecified atom stereocenters. The summed E-state index contributed by atoms with van der Waals surface area (Å²) >= 11 is 7.82. The van der Waals surface area contributed by atoms with Crippen molar-refractivity contribution in [1.29, 1.82) is 0 Å². The number of methoxy groups -OCH3 is 2. The fraction of sp³-hybridized carbons (Fsp3) is 0.161. The number of nitrogens with zero attached hydrogens (tertiary/aromatic N) is 3. The molecule has 0 saturated heterocycles. The predicted molar refractivity (Wildman–Crippen MR) is 161 cm³/mol. The van der Waals surface area contributed by atoms with Crippen LogP contribution in [-0.2, 0) is 10.6 Å². The molecule has 1 atom stereocenters. The molecule has 9 heteroatoms. The topological polar surface area (TPSA) is 64.9 Å². The Labute approximate surface area is 242 Å². The van der Waals surface area contributed by atoms with Gasteiger partial charge in [-0.2, -0.15) is 0 Å². The third-order valence-electron chi connectivity index (χ3n) is 6.84. The molecule has 4 aromatic rings. The van der Waals surface area contributed by atoms with Crippen LogP contribution in [0.15, 0.2) is 101 Å². The van der Waals surface area contributed by atoms with Crippen LogP contribution in [0.3, 0.4) is 0 Å². The molecule has 7 nitrogen and oxygen atoms in total. The van der Waals surface area contributed by atoms with Crippen LogP contribution >= 0.6 is 23.4 Å². The van der Waals surface area contributed by atoms with Crippen molar-refractivity contribution in [2.24, 2.45) is 10.1 Å². The molecule has 202 valence electrons. The van der Waals surface area contributed by atoms with Crippen molar-refractivity contribution in [1.82, 2.24) is 0 Å². The first kappa shape index (κ1) is 26.1. The highest BCUT2D eigenvalue weighted by Gasteiger charge is 2.52. The van der Waals surface area contributed by atoms with Gasteiger partial charge in [-0.15, -0.1) is 11.8 Å². The number of rotatable bonds is 6. The second-order valence-electron chi connectivity index (χ2n) is 9.18. The van der Waals surface area contributed by atoms with E-state index in [2.05, 4.69) is 10.1 Å². The smallest absolute Gasteiger partial charge is 0.247 e. The number of hydrogen-bond acceptors (Lipinski definition) is 8. The van der Waals surface area contributed by atoms with Gasteiger partial charge in [0, 0.05) is 28.3 Å². The lowest BCUT2D eigenvalue weighted by molar-refractivity contribution is -0.0148. The van der Waals surface area contributed by atoms with Gasteiger partial charge in [0.25, 0.3) is 0 Å². The summed E-state index contributed by atoms with van der Waals surface area (Å²) in [5.41, 5.74) is 2.35. The van der Waals surface area contributed by atoms with Crippen molar-refractivity contribution in [3.63, 3.8) is 0 Å². The summed E-state index contributed by atoms with van der Waals surface area (Å²) in [5, 5.41) is 6.22. The van der Waals surface area contributed by atoms with Crippen LogP contribution in [0.1, 0.15) is 17.5 Å². The van der Waals surface area contributed by atoms with Gasteiger partial charge in [0.2, 0.25) is 5.72 Å². The minimum absolute atomic E-state index is 0.474. The first-order chi connectivity index (χ1) is 19.5. The standard InChI is InChI=1S/C31H26ClN3O4S/c1-36-23-13-9-21(10-14-23)31-19-29(40-3)33-27-16-15-26(38-25-6-4-5-24(17-25)37-2)18-28(27)35(31)30(34-39-31)20-7-11-22(32)12-8-20/h4-18H,19H2,1-3H3. The fourth-order valence-corrected chi connectivity index (χ4v) is 5.50. The third kappa shape index (κ3) is 4.74. The molecule has 0 N–H and O–H groups in total. The van der Waals surface area contributed by atoms with Crippen LogP contribution in [0.25, 0.3) is 0 Å². The van der Waals surface area contributed by atoms with Crippen molar-refractivity contribution in [2.45, 2.75) is 12.1 Å². The highest BCUT2D eigenvalue weighted by Crippen LogP contribution is 2.50. The zero-order valence-corrected chi connectivity index (χ0v) is 23.7. The zero-order chi connectivity index (χ0) is 27.7. The van der Waals surface area contributed by atoms with E-state index in [1.807, 2.05) is 97.3 Å². The minimum atomic E-state index is -0.997. The Morgan fingerprint density at radius 2 is 1.55 bits per heavy atom. The molecule has 0 bridgehead atoms. The van der Waals surface area contributed by atoms with Crippen molar-refractivity contribution in [3.8, 4) is 23.0 Å². The van der Waals surface area contributed by atoms with E-state index < -0.39 is 5.72 Å². The molecule has 4 aromatic carbocycles. The monoisotopic (exact) mass is 571 g/mol. The molecule has 40 heavy (non-hydrogen) atoms. The maximum Gasteiger partial charge on any atom is 0.247 e. The summed E-state index contributed by atoms with van der Waals surface area (Å²) in [6.07, 6.45) is 2.49. The van der Waals surface area contributed by atoms with Gasteiger partial charge in [-0.25, -0.2) is 4.99 Å². The number of thioether (sulfide) groups is 1. The number of anilines is 1. The first-order valence-electron chi connectivity index (χ1n) is 12.6. The molecule has 2 aliphatic heterocycles. The van der Waals surface area contributed by atoms with Gasteiger partial charge in [-0.1, -0.05) is 22.8 Å². The van der Waals surface area contributed by atoms with Crippen LogP contribution in [0.4, 0.5) is 11.4 Å². The molecular formula is C31H26ClN3O4S. The number of aliphatic imine (C=N–C) groups is 1. The van der Waals surface area contributed by atoms with Crippen LogP contribution in [-0.4, -0.2) is 31.4 Å². The van der Waals surface area contributed by atoms with Crippen LogP contribution in [0.2, 0.25) is 5.02 Å². The Morgan fingerprint density at radius 1 is 0.850 bits per heavy atom. The van der Waals surface area contributed by atoms with Crippen LogP contribution in [0, 0.1) is 0 Å². The lowest BCUT2D eigenvalue weighted by atomic mass is 9.96. The quantitative estimate of drug-likeness (QED) is 0.234. The number of oxime groups is 1. The Bertz CT molecular complexity index is 1610. The molecule has 2 heterocycles. The van der Waals surface area contributed by atoms with Crippen molar-refractivity contribution in [3.05, 3.63) is 107 Å². The number of halogens is 1. The van der Waals surface area contributed by atoms with Gasteiger partial charge in [0.05, 0.1) is 37.1 Å². The Morgan fingerprint density at radius 3 is 2.27 bits per heavy atom. The van der Waals surface area contributed by atoms with Crippen molar-refractivity contribution >= 4 is 45.6 Å². The van der Waals surface area contributed by atoms with Gasteiger partial charge in [-0.05, 0) is 79.1 Å². The first-order valence-corrected chi connectivity index (χ1v) is 14.2. The number of benzene rings is 4. The molecule has 0 aliphatic carbocycles. The summed E-state index contributed by atoms with van der Waals surface area (Å²) in [5.74, 6) is 3.41. The number of fused-ring (bicyclic) bond motifs is 3. The van der Waals surface area contributed by atoms with Crippen molar-refractivity contribution in [2.75, 3.05) is 25.4 Å². The Balaban J connectivity index is 1.52. The molecule has 0 amide bonds. The third-order valence-corrected chi connectivity index (χ3v) is 7.79. The van der Waals surface area contributed by atoms with E-state index in [0.717, 1.165) is 33.3 Å². The van der Waals surface area contributed by atoms with Crippen LogP contribution in [0.5, 0.6) is 23.0 Å². The molecule has 6 rings (SSSR count). The minimum Gasteiger partial charge on any atom is -0.497 e. The number of amidine groups is 1. The largest absolute Gasteiger partial charge is 0.497 e. The van der Waals surface area contributed by atoms with E-state index in [-0.39, 0.29) is 0 Å². The average molecular weight is 572 g/mol. The maximum absolute atomic E-state index is 6.45. The highest BCUT2D eigenvalue weighted by atomic mass is 35.5. The predicted octanol–water partition coefficient (Wildman–Crippen LogP) is 8.00. The Hall–Kier alpha value is -4.14. The van der Waals surface area contributed by atoms with E-state index in [9.17, 15) is 0 Å². The summed E-state index contributed by atoms with van der Waals surface area (Å²) in [4.78, 5) is 13.6. The molecular weight excluding hydrogens is 546 g/mol. The SMILES string of the molecule is COc1ccc(C23CC(SC)=Nc4ccc(Oc5cccc(OC)c5)cc4N2C(c2ccc(Cl)cc2)=NO3)cc1. The van der Waals surface area contributed by atoms with Gasteiger partial charge >= 0.3 is 0 Å². The van der Waals surface area contributed by atoms with E-state index in [1.165, 1.54) is 0 Å². The Kier molecular flexibility index (Phi) is 7.04. The van der Waals surface area contributed by atoms with Gasteiger partial charge in [-0.3, -0.25) is 4.90 Å². The molecule has 0 aromatic heterocycles. The average Bonchev–Trinajstić information content (AvgIpc) is 3.31. The molecule has 0 saturated carbocycles. The van der Waals surface area contributed by atoms with E-state index >= 15 is 0 Å². The van der Waals surface area contributed by atoms with E-state index in [0.29, 0.717) is 34.5 Å². The molecule has 0 radical (unpaired) electrons. The van der Waals surface area contributed by atoms with E-state index in [1.54, 1.807) is 26.0 Å². The normalized spacial score (nSPS) is 17.6. The maximum atomic E-state index is 6.45. The summed E-state index contributed by atoms with van der Waals surface area (Å²) in [6.45, 7) is 0. The molecule has 2 aliphatic rings. The van der Waals surface area contributed by atoms with Gasteiger partial charge < -0.3 is 19.0 Å². The second-order valence-corrected chi connectivity index (χ2v) is 10.5. The molecule has 0 fully saturated rings. The lowest BCUT2D eigenvalue weighted by Gasteiger charge is -2.37. The van der Waals surface area contributed by atoms with Gasteiger partial charge in [0.15, 0.2) is 5.84 Å². The fourth-order valence-electron chi connectivity index (χ4n) is 4.85. The van der Waals surface area contributed by atoms with E-state index in [4.69, 9.17) is 35.6 Å². The molecule has 0 spiro atoms. The zero-order valence-electron chi connectivity index (χ0n) is 22.1. The van der Waals surface area contributed by atoms with Gasteiger partial charge in [0.1, 0.15) is 23.0 Å². The summed E-state index contributed by atoms with van der Waals surface area (Å²) < 4.78 is 17.1. The lowest BCUT2D eigenvalue weighted by Crippen LogP contribution is -2.47.